The summed E-state index contributed by atoms with van der Waals surface area (Å²) < 4.78 is 6.56. The summed E-state index contributed by atoms with van der Waals surface area (Å²) in [7, 11) is 0. The predicted molar refractivity (Wildman–Crippen MR) is 169 cm³/mol. The largest absolute Gasteiger partial charge is 0.480 e. The Kier molecular flexibility index (Phi) is 8.28. The highest BCUT2D eigenvalue weighted by molar-refractivity contribution is 9.11. The Hall–Kier alpha value is -3.91. The molecule has 2 aromatic carbocycles. The van der Waals surface area contributed by atoms with Gasteiger partial charge in [-0.2, -0.15) is 0 Å². The Morgan fingerprint density at radius 2 is 1.42 bits per heavy atom. The van der Waals surface area contributed by atoms with Crippen molar-refractivity contribution in [2.24, 2.45) is 10.8 Å². The van der Waals surface area contributed by atoms with E-state index in [9.17, 15) is 39.7 Å². The molecule has 45 heavy (non-hydrogen) atoms. The zero-order valence-electron chi connectivity index (χ0n) is 24.8. The standard InChI is InChI=1S/C31H29Br2N3O9/c1-30(2)10-20-27(22(37)12-30)26(28-21(34(20)14-25(39)40)11-31(3,4)13-23(28)38)15-7-17(32)29(18(33)8-15)45-24-6-5-16(35(41)42)9-19(24)36(43)44/h5-9,26H,10-14H2,1-4H3,(H,39,40). The second kappa shape index (κ2) is 11.5. The van der Waals surface area contributed by atoms with Gasteiger partial charge in [-0.3, -0.25) is 34.6 Å². The summed E-state index contributed by atoms with van der Waals surface area (Å²) in [6.07, 6.45) is 1.32. The molecule has 0 saturated carbocycles. The van der Waals surface area contributed by atoms with Crippen molar-refractivity contribution in [3.8, 4) is 11.5 Å². The summed E-state index contributed by atoms with van der Waals surface area (Å²) in [4.78, 5) is 62.9. The molecule has 2 aliphatic carbocycles. The normalized spacial score (nSPS) is 19.3. The van der Waals surface area contributed by atoms with E-state index in [0.29, 0.717) is 49.9 Å². The zero-order valence-corrected chi connectivity index (χ0v) is 28.0. The molecule has 236 valence electrons. The molecule has 0 aromatic heterocycles. The molecule has 3 aliphatic rings. The van der Waals surface area contributed by atoms with Crippen molar-refractivity contribution in [3.63, 3.8) is 0 Å². The molecule has 1 aliphatic heterocycles. The first-order chi connectivity index (χ1) is 20.9. The number of hydrogen-bond donors (Lipinski definition) is 1. The van der Waals surface area contributed by atoms with Crippen LogP contribution in [-0.2, 0) is 14.4 Å². The minimum atomic E-state index is -1.08. The average molecular weight is 747 g/mol. The minimum Gasteiger partial charge on any atom is -0.480 e. The van der Waals surface area contributed by atoms with Crippen LogP contribution in [0.2, 0.25) is 0 Å². The number of carboxylic acid groups (broad SMARTS) is 1. The maximum atomic E-state index is 13.9. The molecule has 14 heteroatoms. The number of non-ortho nitro benzene ring substituents is 1. The first-order valence-corrected chi connectivity index (χ1v) is 15.6. The number of carboxylic acids is 1. The van der Waals surface area contributed by atoms with Gasteiger partial charge in [0.15, 0.2) is 17.3 Å². The summed E-state index contributed by atoms with van der Waals surface area (Å²) in [5, 5.41) is 32.8. The highest BCUT2D eigenvalue weighted by Gasteiger charge is 2.49. The van der Waals surface area contributed by atoms with Crippen molar-refractivity contribution >= 4 is 60.8 Å². The second-order valence-corrected chi connectivity index (χ2v) is 14.8. The van der Waals surface area contributed by atoms with E-state index < -0.39 is 43.9 Å². The van der Waals surface area contributed by atoms with Crippen molar-refractivity contribution < 1.29 is 34.1 Å². The number of ether oxygens (including phenoxy) is 1. The molecule has 12 nitrogen and oxygen atoms in total. The lowest BCUT2D eigenvalue weighted by Gasteiger charge is -2.48. The van der Waals surface area contributed by atoms with E-state index in [-0.39, 0.29) is 42.5 Å². The third kappa shape index (κ3) is 6.17. The molecule has 0 fully saturated rings. The first-order valence-electron chi connectivity index (χ1n) is 14.0. The van der Waals surface area contributed by atoms with Crippen molar-refractivity contribution in [1.29, 1.82) is 0 Å². The van der Waals surface area contributed by atoms with Gasteiger partial charge in [-0.25, -0.2) is 0 Å². The average Bonchev–Trinajstić information content (AvgIpc) is 2.89. The molecular formula is C31H29Br2N3O9. The molecule has 0 spiro atoms. The molecular weight excluding hydrogens is 718 g/mol. The van der Waals surface area contributed by atoms with E-state index in [1.165, 1.54) is 0 Å². The summed E-state index contributed by atoms with van der Waals surface area (Å²) >= 11 is 6.97. The van der Waals surface area contributed by atoms with E-state index in [1.54, 1.807) is 17.0 Å². The molecule has 5 rings (SSSR count). The van der Waals surface area contributed by atoms with Crippen LogP contribution in [0.4, 0.5) is 11.4 Å². The molecule has 0 bridgehead atoms. The number of Topliss-reactive ketones (excluding diaryl/α,β-unsaturated/α-hetero) is 2. The van der Waals surface area contributed by atoms with Gasteiger partial charge in [-0.15, -0.1) is 0 Å². The van der Waals surface area contributed by atoms with Crippen LogP contribution in [0.5, 0.6) is 11.5 Å². The monoisotopic (exact) mass is 745 g/mol. The van der Waals surface area contributed by atoms with Crippen LogP contribution in [0.1, 0.15) is 64.9 Å². The molecule has 1 heterocycles. The van der Waals surface area contributed by atoms with Crippen LogP contribution < -0.4 is 4.74 Å². The Labute approximate surface area is 274 Å². The predicted octanol–water partition coefficient (Wildman–Crippen LogP) is 7.59. The number of hydrogen-bond acceptors (Lipinski definition) is 9. The second-order valence-electron chi connectivity index (χ2n) is 13.1. The number of halogens is 2. The molecule has 0 saturated heterocycles. The topological polar surface area (TPSA) is 170 Å². The van der Waals surface area contributed by atoms with E-state index in [0.717, 1.165) is 18.2 Å². The summed E-state index contributed by atoms with van der Waals surface area (Å²) in [6.45, 7) is 7.45. The number of ketones is 2. The molecule has 1 N–H and O–H groups in total. The molecule has 0 amide bonds. The van der Waals surface area contributed by atoms with Crippen molar-refractivity contribution in [3.05, 3.63) is 87.6 Å². The van der Waals surface area contributed by atoms with Gasteiger partial charge in [0.25, 0.3) is 5.69 Å². The number of carbonyl (C=O) groups excluding carboxylic acids is 2. The van der Waals surface area contributed by atoms with Gasteiger partial charge < -0.3 is 14.7 Å². The number of nitrogens with zero attached hydrogens (tertiary/aromatic N) is 3. The van der Waals surface area contributed by atoms with Crippen LogP contribution in [0.15, 0.2) is 61.8 Å². The number of nitro groups is 2. The van der Waals surface area contributed by atoms with E-state index >= 15 is 0 Å². The van der Waals surface area contributed by atoms with Crippen molar-refractivity contribution in [2.45, 2.75) is 59.3 Å². The quantitative estimate of drug-likeness (QED) is 0.220. The fourth-order valence-corrected chi connectivity index (χ4v) is 7.89. The van der Waals surface area contributed by atoms with Gasteiger partial charge in [0.05, 0.1) is 24.9 Å². The highest BCUT2D eigenvalue weighted by Crippen LogP contribution is 2.55. The van der Waals surface area contributed by atoms with Crippen LogP contribution >= 0.6 is 31.9 Å². The lowest BCUT2D eigenvalue weighted by atomic mass is 9.63. The fourth-order valence-electron chi connectivity index (χ4n) is 6.51. The van der Waals surface area contributed by atoms with Gasteiger partial charge in [0.1, 0.15) is 6.54 Å². The highest BCUT2D eigenvalue weighted by atomic mass is 79.9. The third-order valence-electron chi connectivity index (χ3n) is 8.23. The van der Waals surface area contributed by atoms with Gasteiger partial charge in [0, 0.05) is 47.4 Å². The Morgan fingerprint density at radius 1 is 0.911 bits per heavy atom. The Bertz CT molecular complexity index is 1700. The molecule has 2 aromatic rings. The van der Waals surface area contributed by atoms with Gasteiger partial charge in [-0.1, -0.05) is 27.7 Å². The number of carbonyl (C=O) groups is 3. The SMILES string of the molecule is CC1(C)CC(=O)C2=C(C1)N(CC(=O)O)C1=C(C(=O)CC(C)(C)C1)C2c1cc(Br)c(Oc2ccc([N+](=O)[O-])cc2[N+](=O)[O-])c(Br)c1. The summed E-state index contributed by atoms with van der Waals surface area (Å²) in [5.41, 5.74) is 0.615. The molecule has 0 atom stereocenters. The molecule has 0 unspecified atom stereocenters. The van der Waals surface area contributed by atoms with Gasteiger partial charge in [-0.05, 0) is 79.3 Å². The smallest absolute Gasteiger partial charge is 0.323 e. The number of aliphatic carboxylic acids is 1. The lowest BCUT2D eigenvalue weighted by Crippen LogP contribution is -2.45. The van der Waals surface area contributed by atoms with E-state index in [2.05, 4.69) is 31.9 Å². The number of nitro benzene ring substituents is 2. The van der Waals surface area contributed by atoms with E-state index in [1.807, 2.05) is 27.7 Å². The Balaban J connectivity index is 1.68. The number of rotatable bonds is 7. The fraction of sp³-hybridized carbons (Fsp3) is 0.387. The van der Waals surface area contributed by atoms with Gasteiger partial charge in [0.2, 0.25) is 5.75 Å². The third-order valence-corrected chi connectivity index (χ3v) is 9.41. The van der Waals surface area contributed by atoms with E-state index in [4.69, 9.17) is 4.74 Å². The maximum absolute atomic E-state index is 13.9. The van der Waals surface area contributed by atoms with Crippen molar-refractivity contribution in [1.82, 2.24) is 4.90 Å². The van der Waals surface area contributed by atoms with Crippen LogP contribution in [0, 0.1) is 31.1 Å². The summed E-state index contributed by atoms with van der Waals surface area (Å²) in [6, 6.07) is 6.39. The first kappa shape index (κ1) is 32.5. The lowest BCUT2D eigenvalue weighted by molar-refractivity contribution is -0.394. The summed E-state index contributed by atoms with van der Waals surface area (Å²) in [5.74, 6) is -2.28. The number of allylic oxidation sites excluding steroid dienone is 4. The molecule has 0 radical (unpaired) electrons. The van der Waals surface area contributed by atoms with Crippen molar-refractivity contribution in [2.75, 3.05) is 6.54 Å². The maximum Gasteiger partial charge on any atom is 0.323 e. The van der Waals surface area contributed by atoms with Gasteiger partial charge >= 0.3 is 11.7 Å². The minimum absolute atomic E-state index is 0.134. The van der Waals surface area contributed by atoms with Crippen LogP contribution in [-0.4, -0.2) is 43.9 Å². The Morgan fingerprint density at radius 3 is 1.87 bits per heavy atom. The van der Waals surface area contributed by atoms with Crippen LogP contribution in [0.25, 0.3) is 0 Å². The van der Waals surface area contributed by atoms with Crippen LogP contribution in [0.3, 0.4) is 0 Å². The zero-order chi connectivity index (χ0) is 33.2. The number of benzene rings is 2.